The van der Waals surface area contributed by atoms with Gasteiger partial charge in [-0.05, 0) is 42.8 Å². The van der Waals surface area contributed by atoms with Crippen LogP contribution in [0.5, 0.6) is 5.75 Å². The van der Waals surface area contributed by atoms with Crippen molar-refractivity contribution in [2.24, 2.45) is 0 Å². The fourth-order valence-corrected chi connectivity index (χ4v) is 1.85. The van der Waals surface area contributed by atoms with Gasteiger partial charge in [-0.25, -0.2) is 0 Å². The Labute approximate surface area is 123 Å². The molecule has 0 atom stereocenters. The van der Waals surface area contributed by atoms with Crippen molar-refractivity contribution < 1.29 is 9.53 Å². The molecule has 0 aliphatic rings. The molecule has 21 heavy (non-hydrogen) atoms. The number of hydrogen-bond acceptors (Lipinski definition) is 4. The SMILES string of the molecule is Cc1cc(N)ccc1OCC(=O)Nc1ccccc1C#N. The van der Waals surface area contributed by atoms with Crippen LogP contribution < -0.4 is 15.8 Å². The Balaban J connectivity index is 1.98. The fraction of sp³-hybridized carbons (Fsp3) is 0.125. The Morgan fingerprint density at radius 1 is 1.33 bits per heavy atom. The zero-order valence-corrected chi connectivity index (χ0v) is 11.6. The highest BCUT2D eigenvalue weighted by atomic mass is 16.5. The van der Waals surface area contributed by atoms with Crippen LogP contribution in [0, 0.1) is 18.3 Å². The molecular formula is C16H15N3O2. The first kappa shape index (κ1) is 14.4. The van der Waals surface area contributed by atoms with Gasteiger partial charge in [0.15, 0.2) is 6.61 Å². The van der Waals surface area contributed by atoms with E-state index >= 15 is 0 Å². The van der Waals surface area contributed by atoms with Crippen LogP contribution in [0.25, 0.3) is 0 Å². The summed E-state index contributed by atoms with van der Waals surface area (Å²) in [7, 11) is 0. The first-order valence-corrected chi connectivity index (χ1v) is 6.38. The minimum absolute atomic E-state index is 0.134. The number of aryl methyl sites for hydroxylation is 1. The molecule has 106 valence electrons. The van der Waals surface area contributed by atoms with Crippen molar-refractivity contribution in [3.8, 4) is 11.8 Å². The molecule has 2 aromatic rings. The number of hydrogen-bond donors (Lipinski definition) is 2. The van der Waals surface area contributed by atoms with Gasteiger partial charge in [0, 0.05) is 5.69 Å². The van der Waals surface area contributed by atoms with Gasteiger partial charge >= 0.3 is 0 Å². The largest absolute Gasteiger partial charge is 0.483 e. The highest BCUT2D eigenvalue weighted by molar-refractivity contribution is 5.93. The van der Waals surface area contributed by atoms with E-state index in [4.69, 9.17) is 15.7 Å². The second-order valence-corrected chi connectivity index (χ2v) is 4.52. The van der Waals surface area contributed by atoms with Gasteiger partial charge in [0.1, 0.15) is 11.8 Å². The van der Waals surface area contributed by atoms with Crippen molar-refractivity contribution in [3.63, 3.8) is 0 Å². The van der Waals surface area contributed by atoms with Crippen molar-refractivity contribution >= 4 is 17.3 Å². The summed E-state index contributed by atoms with van der Waals surface area (Å²) < 4.78 is 5.45. The molecule has 2 aromatic carbocycles. The second-order valence-electron chi connectivity index (χ2n) is 4.52. The minimum atomic E-state index is -0.325. The van der Waals surface area contributed by atoms with Gasteiger partial charge in [0.25, 0.3) is 5.91 Å². The van der Waals surface area contributed by atoms with Crippen LogP contribution in [0.1, 0.15) is 11.1 Å². The fourth-order valence-electron chi connectivity index (χ4n) is 1.85. The molecule has 0 heterocycles. The second kappa shape index (κ2) is 6.44. The average molecular weight is 281 g/mol. The lowest BCUT2D eigenvalue weighted by Gasteiger charge is -2.10. The van der Waals surface area contributed by atoms with E-state index in [-0.39, 0.29) is 12.5 Å². The number of nitriles is 1. The summed E-state index contributed by atoms with van der Waals surface area (Å²) >= 11 is 0. The summed E-state index contributed by atoms with van der Waals surface area (Å²) in [5.74, 6) is 0.279. The Bertz CT molecular complexity index is 705. The molecule has 0 spiro atoms. The number of benzene rings is 2. The third-order valence-electron chi connectivity index (χ3n) is 2.88. The van der Waals surface area contributed by atoms with E-state index in [0.717, 1.165) is 5.56 Å². The number of nitrogens with one attached hydrogen (secondary N) is 1. The van der Waals surface area contributed by atoms with Crippen LogP contribution >= 0.6 is 0 Å². The molecule has 1 amide bonds. The van der Waals surface area contributed by atoms with E-state index in [0.29, 0.717) is 22.7 Å². The van der Waals surface area contributed by atoms with E-state index in [9.17, 15) is 4.79 Å². The van der Waals surface area contributed by atoms with Crippen molar-refractivity contribution in [2.45, 2.75) is 6.92 Å². The Morgan fingerprint density at radius 3 is 2.81 bits per heavy atom. The summed E-state index contributed by atoms with van der Waals surface area (Å²) in [4.78, 5) is 11.9. The lowest BCUT2D eigenvalue weighted by atomic mass is 10.2. The highest BCUT2D eigenvalue weighted by Gasteiger charge is 2.08. The molecule has 3 N–H and O–H groups in total. The topological polar surface area (TPSA) is 88.1 Å². The molecule has 0 radical (unpaired) electrons. The maximum absolute atomic E-state index is 11.9. The van der Waals surface area contributed by atoms with Gasteiger partial charge in [-0.2, -0.15) is 5.26 Å². The molecule has 0 bridgehead atoms. The molecule has 0 aromatic heterocycles. The number of amides is 1. The number of ether oxygens (including phenoxy) is 1. The molecule has 0 aliphatic heterocycles. The summed E-state index contributed by atoms with van der Waals surface area (Å²) in [6.07, 6.45) is 0. The zero-order chi connectivity index (χ0) is 15.2. The lowest BCUT2D eigenvalue weighted by molar-refractivity contribution is -0.118. The number of anilines is 2. The van der Waals surface area contributed by atoms with Crippen molar-refractivity contribution in [3.05, 3.63) is 53.6 Å². The predicted molar refractivity (Wildman–Crippen MR) is 80.9 cm³/mol. The maximum atomic E-state index is 11.9. The molecule has 0 saturated carbocycles. The molecule has 0 unspecified atom stereocenters. The highest BCUT2D eigenvalue weighted by Crippen LogP contribution is 2.20. The minimum Gasteiger partial charge on any atom is -0.483 e. The van der Waals surface area contributed by atoms with E-state index in [2.05, 4.69) is 5.32 Å². The molecule has 5 nitrogen and oxygen atoms in total. The van der Waals surface area contributed by atoms with Crippen LogP contribution in [0.3, 0.4) is 0 Å². The number of carbonyl (C=O) groups excluding carboxylic acids is 1. The number of rotatable bonds is 4. The quantitative estimate of drug-likeness (QED) is 0.843. The van der Waals surface area contributed by atoms with Crippen molar-refractivity contribution in [1.82, 2.24) is 0 Å². The van der Waals surface area contributed by atoms with Gasteiger partial charge in [0.05, 0.1) is 11.3 Å². The Hall–Kier alpha value is -3.00. The monoisotopic (exact) mass is 281 g/mol. The van der Waals surface area contributed by atoms with E-state index in [1.807, 2.05) is 13.0 Å². The van der Waals surface area contributed by atoms with Gasteiger partial charge in [-0.15, -0.1) is 0 Å². The third-order valence-corrected chi connectivity index (χ3v) is 2.88. The van der Waals surface area contributed by atoms with Gasteiger partial charge in [-0.3, -0.25) is 4.79 Å². The van der Waals surface area contributed by atoms with Crippen LogP contribution in [0.4, 0.5) is 11.4 Å². The molecule has 5 heteroatoms. The number of nitrogens with zero attached hydrogens (tertiary/aromatic N) is 1. The van der Waals surface area contributed by atoms with Crippen LogP contribution in [0.2, 0.25) is 0 Å². The van der Waals surface area contributed by atoms with Crippen LogP contribution in [0.15, 0.2) is 42.5 Å². The summed E-state index contributed by atoms with van der Waals surface area (Å²) in [6.45, 7) is 1.72. The summed E-state index contributed by atoms with van der Waals surface area (Å²) in [6, 6.07) is 14.0. The molecule has 0 fully saturated rings. The van der Waals surface area contributed by atoms with E-state index in [1.165, 1.54) is 0 Å². The number of nitrogen functional groups attached to an aromatic ring is 1. The number of para-hydroxylation sites is 1. The first-order chi connectivity index (χ1) is 10.1. The van der Waals surface area contributed by atoms with Gasteiger partial charge < -0.3 is 15.8 Å². The van der Waals surface area contributed by atoms with Crippen LogP contribution in [-0.4, -0.2) is 12.5 Å². The molecule has 0 aliphatic carbocycles. The molecular weight excluding hydrogens is 266 g/mol. The zero-order valence-electron chi connectivity index (χ0n) is 11.6. The lowest BCUT2D eigenvalue weighted by Crippen LogP contribution is -2.20. The number of nitrogens with two attached hydrogens (primary N) is 1. The van der Waals surface area contributed by atoms with Crippen LogP contribution in [-0.2, 0) is 4.79 Å². The van der Waals surface area contributed by atoms with E-state index < -0.39 is 0 Å². The summed E-state index contributed by atoms with van der Waals surface area (Å²) in [5, 5.41) is 11.6. The average Bonchev–Trinajstić information content (AvgIpc) is 2.47. The van der Waals surface area contributed by atoms with Crippen molar-refractivity contribution in [1.29, 1.82) is 5.26 Å². The number of carbonyl (C=O) groups is 1. The van der Waals surface area contributed by atoms with Gasteiger partial charge in [-0.1, -0.05) is 12.1 Å². The Kier molecular flexibility index (Phi) is 4.42. The first-order valence-electron chi connectivity index (χ1n) is 6.38. The Morgan fingerprint density at radius 2 is 2.10 bits per heavy atom. The standard InChI is InChI=1S/C16H15N3O2/c1-11-8-13(18)6-7-15(11)21-10-16(20)19-14-5-3-2-4-12(14)9-17/h2-8H,10,18H2,1H3,(H,19,20). The maximum Gasteiger partial charge on any atom is 0.262 e. The van der Waals surface area contributed by atoms with Crippen molar-refractivity contribution in [2.75, 3.05) is 17.7 Å². The predicted octanol–water partition coefficient (Wildman–Crippen LogP) is 2.47. The molecule has 2 rings (SSSR count). The normalized spacial score (nSPS) is 9.71. The van der Waals surface area contributed by atoms with E-state index in [1.54, 1.807) is 42.5 Å². The summed E-state index contributed by atoms with van der Waals surface area (Å²) in [5.41, 5.74) is 8.05. The third kappa shape index (κ3) is 3.74. The molecule has 0 saturated heterocycles. The van der Waals surface area contributed by atoms with Gasteiger partial charge in [0.2, 0.25) is 0 Å². The smallest absolute Gasteiger partial charge is 0.262 e.